The molecule has 0 radical (unpaired) electrons. The second-order valence-electron chi connectivity index (χ2n) is 23.0. The molecule has 18 atom stereocenters. The average Bonchev–Trinajstić information content (AvgIpc) is 1.67. The van der Waals surface area contributed by atoms with E-state index in [-0.39, 0.29) is 195 Å². The van der Waals surface area contributed by atoms with Crippen LogP contribution >= 0.6 is 39.7 Å². The Morgan fingerprint density at radius 3 is 1.56 bits per heavy atom. The summed E-state index contributed by atoms with van der Waals surface area (Å²) in [5, 5.41) is 10.6. The minimum absolute atomic E-state index is 0. The SMILES string of the molecule is C.CC(=O)OC[C@H]1C[C@H]2C(=O)O[C@H](C)[C@H]2[C@@H](/C=C/c2ccccn2)[C@@H]1CCBr.CC[C@@H]1[C@@H](CO)C[C@H]2C(=O)O[C@H](C)[C@H]2[C@H]1/C=C/c1ccccn1.C[C@H]1OC(=O)[C@@H]2C[C@@H]3COCC[C@H]3[C@H](/C=C/c3ccccn3)[C@H]12.O=CC1=CCCOC1.[2H]I.[CH3-].[CH3-].[CH3-].[W].[W].[W]. The van der Waals surface area contributed by atoms with E-state index < -0.39 is 0 Å². The summed E-state index contributed by atoms with van der Waals surface area (Å²) in [7, 11) is 0. The van der Waals surface area contributed by atoms with Crippen molar-refractivity contribution < 1.29 is 121 Å². The summed E-state index contributed by atoms with van der Waals surface area (Å²) in [5.41, 5.74) is 3.56. The fourth-order valence-corrected chi connectivity index (χ4v) is 15.2. The molecule has 7 fully saturated rings. The summed E-state index contributed by atoms with van der Waals surface area (Å²) in [5.74, 6) is 2.79. The number of halogens is 2. The molecule has 8 aliphatic rings. The van der Waals surface area contributed by atoms with Crippen LogP contribution in [-0.2, 0) is 116 Å². The summed E-state index contributed by atoms with van der Waals surface area (Å²) in [6.45, 7) is 13.0. The van der Waals surface area contributed by atoms with E-state index >= 15 is 0 Å². The second kappa shape index (κ2) is 43.2. The number of carbonyl (C=O) groups is 5. The zero-order chi connectivity index (χ0) is 59.4. The number of hydrogen-bond acceptors (Lipinski definition) is 15. The number of nitrogens with zero attached hydrogens (tertiary/aromatic N) is 3. The minimum Gasteiger partial charge on any atom is -0.466 e. The smallest absolute Gasteiger partial charge is 0.309 e. The largest absolute Gasteiger partial charge is 0.466 e. The number of alkyl halides is 1. The van der Waals surface area contributed by atoms with Crippen molar-refractivity contribution in [1.82, 2.24) is 15.0 Å². The van der Waals surface area contributed by atoms with E-state index in [1.165, 1.54) is 30.7 Å². The van der Waals surface area contributed by atoms with Gasteiger partial charge in [-0.05, 0) is 167 Å². The number of aliphatic hydroxyl groups excluding tert-OH is 1. The molecule has 4 saturated heterocycles. The van der Waals surface area contributed by atoms with E-state index in [4.69, 9.17) is 29.0 Å². The predicted octanol–water partition coefficient (Wildman–Crippen LogP) is 12.9. The van der Waals surface area contributed by atoms with E-state index in [1.807, 2.05) is 99.8 Å². The molecule has 0 amide bonds. The van der Waals surface area contributed by atoms with Gasteiger partial charge in [0.2, 0.25) is 0 Å². The van der Waals surface area contributed by atoms with Gasteiger partial charge in [0.1, 0.15) is 25.2 Å². The summed E-state index contributed by atoms with van der Waals surface area (Å²) < 4.78 is 38.4. The maximum atomic E-state index is 12.4. The number of aromatic nitrogens is 3. The predicted molar refractivity (Wildman–Crippen MR) is 352 cm³/mol. The molecule has 494 valence electrons. The Bertz CT molecular complexity index is 2600. The molecule has 5 aliphatic heterocycles. The Kier molecular flexibility index (Phi) is 40.8. The third-order valence-electron chi connectivity index (χ3n) is 18.3. The number of carbonyl (C=O) groups excluding carboxylic acids is 5. The van der Waals surface area contributed by atoms with E-state index in [9.17, 15) is 29.1 Å². The van der Waals surface area contributed by atoms with Gasteiger partial charge in [-0.2, -0.15) is 0 Å². The fourth-order valence-electron chi connectivity index (χ4n) is 14.7. The number of aldehydes is 1. The molecule has 3 aromatic rings. The number of fused-ring (bicyclic) bond motifs is 4. The first-order valence-electron chi connectivity index (χ1n) is 29.7. The molecule has 11 rings (SSSR count). The molecule has 8 heterocycles. The van der Waals surface area contributed by atoms with Crippen LogP contribution in [0.25, 0.3) is 18.2 Å². The van der Waals surface area contributed by atoms with E-state index in [2.05, 4.69) is 62.1 Å². The average molecular weight is 1920 g/mol. The first-order chi connectivity index (χ1) is 40.3. The third-order valence-corrected chi connectivity index (χ3v) is 18.8. The minimum atomic E-state index is -0.280. The Morgan fingerprint density at radius 2 is 1.16 bits per heavy atom. The van der Waals surface area contributed by atoms with Gasteiger partial charge in [-0.1, -0.05) is 79.2 Å². The van der Waals surface area contributed by atoms with E-state index in [0.717, 1.165) is 92.6 Å². The van der Waals surface area contributed by atoms with E-state index in [1.54, 1.807) is 12.4 Å². The Balaban J connectivity index is 0.00000118. The number of hydrogen-bond donors (Lipinski definition) is 1. The fraction of sp³-hybridized carbons (Fsp3) is 0.551. The zero-order valence-corrected chi connectivity index (χ0v) is 64.6. The molecule has 15 nitrogen and oxygen atoms in total. The molecular weight excluding hydrogens is 1820 g/mol. The maximum absolute atomic E-state index is 12.4. The van der Waals surface area contributed by atoms with Crippen LogP contribution < -0.4 is 0 Å². The van der Waals surface area contributed by atoms with Gasteiger partial charge in [-0.3, -0.25) is 38.9 Å². The monoisotopic (exact) mass is 1920 g/mol. The molecule has 0 aromatic carbocycles. The van der Waals surface area contributed by atoms with Crippen molar-refractivity contribution in [3.63, 3.8) is 0 Å². The standard InChI is InChI=1S/C21H26BrNO4.C19H23NO3.C19H25NO3.C6H8O2.CH4.3CH3.HI.3W/c1-13-20-18(7-6-16-5-3-4-10-23-16)17(8-9-22)15(12-26-14(2)24)11-19(20)21(25)27-13;1-12-18-16(6-5-14-4-2-3-8-20-14)15-7-9-22-11-13(15)10-17(18)19(21)23-12;1-3-15-13(11-21)10-17-18(12(2)23-19(17)22)16(15)8-7-14-6-4-5-9-20-14;7-4-6-2-1-3-8-5-6;;;;;;;;/h3-7,10,13,15,17-20H,8-9,11-12H2,1-2H3;2-6,8,12-13,15-18H,7,9-11H2,1H3;4-9,12-13,15-18,21H,3,10-11H2,1-2H3;2,4H,1,3,5H2;1H4;3*1H3;1H;;;/q;;;;;3*-1;;;;/b7-6+;6-5+;8-7+;;;;;;;;;/t13-,15-,17-,18+,19-,20+;2*12-,13-,15-,16+,17-,18+;;;;;;;;;/m111........./s1/i/hD. The third kappa shape index (κ3) is 22.7. The van der Waals surface area contributed by atoms with Crippen molar-refractivity contribution >= 4 is 88.1 Å². The zero-order valence-electron chi connectivity index (χ0n) is 53.1. The van der Waals surface area contributed by atoms with Gasteiger partial charge < -0.3 is 55.8 Å². The van der Waals surface area contributed by atoms with Gasteiger partial charge in [0.15, 0.2) is 0 Å². The van der Waals surface area contributed by atoms with Crippen molar-refractivity contribution in [2.45, 2.75) is 105 Å². The van der Waals surface area contributed by atoms with Gasteiger partial charge in [0, 0.05) is 137 Å². The summed E-state index contributed by atoms with van der Waals surface area (Å²) in [6, 6.07) is 17.6. The summed E-state index contributed by atoms with van der Waals surface area (Å²) in [6.07, 6.45) is 27.1. The molecule has 0 unspecified atom stereocenters. The van der Waals surface area contributed by atoms with Crippen molar-refractivity contribution in [2.75, 3.05) is 45.0 Å². The van der Waals surface area contributed by atoms with E-state index in [0.29, 0.717) is 55.1 Å². The quantitative estimate of drug-likeness (QED) is 0.0423. The van der Waals surface area contributed by atoms with Crippen LogP contribution in [0.3, 0.4) is 0 Å². The van der Waals surface area contributed by atoms with Gasteiger partial charge in [-0.25, -0.2) is 0 Å². The molecule has 20 heteroatoms. The summed E-state index contributed by atoms with van der Waals surface area (Å²) in [4.78, 5) is 71.2. The number of allylic oxidation sites excluding steroid dienone is 3. The van der Waals surface area contributed by atoms with Crippen LogP contribution in [-0.4, -0.2) is 114 Å². The topological polar surface area (TPSA) is 200 Å². The molecule has 0 bridgehead atoms. The van der Waals surface area contributed by atoms with Gasteiger partial charge in [0.25, 0.3) is 0 Å². The van der Waals surface area contributed by atoms with Crippen LogP contribution in [0, 0.1) is 111 Å². The van der Waals surface area contributed by atoms with Gasteiger partial charge >= 0.3 is 23.9 Å². The van der Waals surface area contributed by atoms with Gasteiger partial charge in [0.05, 0.1) is 54.7 Å². The molecule has 3 aliphatic carbocycles. The number of ether oxygens (including phenoxy) is 6. The van der Waals surface area contributed by atoms with Crippen molar-refractivity contribution in [1.29, 1.82) is 0.594 Å². The molecule has 3 saturated carbocycles. The Morgan fingerprint density at radius 1 is 0.697 bits per heavy atom. The first-order valence-corrected chi connectivity index (χ1v) is 30.4. The van der Waals surface area contributed by atoms with Crippen LogP contribution in [0.4, 0.5) is 0 Å². The van der Waals surface area contributed by atoms with Crippen molar-refractivity contribution in [2.24, 2.45) is 88.8 Å². The normalized spacial score (nSPS) is 31.7. The molecule has 3 aromatic heterocycles. The maximum Gasteiger partial charge on any atom is 0.309 e. The molecule has 0 spiro atoms. The van der Waals surface area contributed by atoms with Crippen LogP contribution in [0.1, 0.15) is 104 Å². The Hall–Kier alpha value is -2.89. The number of pyridine rings is 3. The number of aliphatic hydroxyl groups is 1. The van der Waals surface area contributed by atoms with Crippen LogP contribution in [0.15, 0.2) is 103 Å². The van der Waals surface area contributed by atoms with Crippen LogP contribution in [0.2, 0.25) is 0 Å². The number of esters is 4. The molecule has 1 N–H and O–H groups in total. The first kappa shape index (κ1) is 84.1. The van der Waals surface area contributed by atoms with Crippen molar-refractivity contribution in [3.8, 4) is 0 Å². The molecule has 89 heavy (non-hydrogen) atoms. The second-order valence-corrected chi connectivity index (χ2v) is 23.8. The Labute approximate surface area is 600 Å². The van der Waals surface area contributed by atoms with Gasteiger partial charge in [-0.15, -0.1) is 23.8 Å². The molecular formula is C69H96BrIN3O12W3-3. The number of cyclic esters (lactones) is 3. The van der Waals surface area contributed by atoms with Crippen LogP contribution in [0.5, 0.6) is 0 Å². The summed E-state index contributed by atoms with van der Waals surface area (Å²) >= 11 is 4.97. The van der Waals surface area contributed by atoms with Crippen molar-refractivity contribution in [3.05, 3.63) is 142 Å². The number of rotatable bonds is 13.